The van der Waals surface area contributed by atoms with Crippen molar-refractivity contribution in [2.24, 2.45) is 0 Å². The van der Waals surface area contributed by atoms with Crippen molar-refractivity contribution in [3.8, 4) is 0 Å². The fourth-order valence-corrected chi connectivity index (χ4v) is 2.80. The molecule has 4 nitrogen and oxygen atoms in total. The van der Waals surface area contributed by atoms with Crippen molar-refractivity contribution in [1.82, 2.24) is 4.90 Å². The highest BCUT2D eigenvalue weighted by molar-refractivity contribution is 5.96. The van der Waals surface area contributed by atoms with Crippen molar-refractivity contribution >= 4 is 22.6 Å². The van der Waals surface area contributed by atoms with Gasteiger partial charge in [0.2, 0.25) is 0 Å². The average molecular weight is 278 g/mol. The number of hydrogen-bond donors (Lipinski definition) is 1. The Balaban J connectivity index is 1.65. The lowest BCUT2D eigenvalue weighted by atomic mass is 10.1. The van der Waals surface area contributed by atoms with E-state index in [4.69, 9.17) is 10.2 Å². The third kappa shape index (κ3) is 1.96. The molecule has 1 aliphatic rings. The molecule has 0 radical (unpaired) electrons. The van der Waals surface area contributed by atoms with Crippen molar-refractivity contribution < 1.29 is 9.21 Å². The zero-order valence-electron chi connectivity index (χ0n) is 11.4. The number of nitrogens with two attached hydrogens (primary N) is 1. The Morgan fingerprint density at radius 1 is 1.05 bits per heavy atom. The first-order valence-electron chi connectivity index (χ1n) is 6.86. The highest BCUT2D eigenvalue weighted by atomic mass is 16.3. The molecular weight excluding hydrogens is 264 g/mol. The predicted octanol–water partition coefficient (Wildman–Crippen LogP) is 3.17. The second-order valence-corrected chi connectivity index (χ2v) is 5.34. The van der Waals surface area contributed by atoms with Gasteiger partial charge in [-0.05, 0) is 35.4 Å². The Kier molecular flexibility index (Phi) is 2.51. The molecule has 1 aliphatic heterocycles. The molecule has 21 heavy (non-hydrogen) atoms. The number of nitrogens with zero attached hydrogens (tertiary/aromatic N) is 1. The topological polar surface area (TPSA) is 59.5 Å². The summed E-state index contributed by atoms with van der Waals surface area (Å²) in [5, 5.41) is 0.857. The molecule has 0 bridgehead atoms. The normalized spacial score (nSPS) is 13.6. The van der Waals surface area contributed by atoms with E-state index >= 15 is 0 Å². The molecule has 4 rings (SSSR count). The van der Waals surface area contributed by atoms with Crippen molar-refractivity contribution in [2.75, 3.05) is 5.73 Å². The first-order chi connectivity index (χ1) is 10.2. The Hall–Kier alpha value is -2.75. The van der Waals surface area contributed by atoms with Crippen LogP contribution in [0.25, 0.3) is 11.0 Å². The van der Waals surface area contributed by atoms with E-state index in [1.54, 1.807) is 23.1 Å². The maximum Gasteiger partial charge on any atom is 0.290 e. The van der Waals surface area contributed by atoms with E-state index in [0.717, 1.165) is 5.39 Å². The summed E-state index contributed by atoms with van der Waals surface area (Å²) in [6.07, 6.45) is 0. The molecule has 1 aromatic heterocycles. The van der Waals surface area contributed by atoms with E-state index in [9.17, 15) is 4.79 Å². The lowest BCUT2D eigenvalue weighted by molar-refractivity contribution is 0.0721. The number of fused-ring (bicyclic) bond motifs is 2. The van der Waals surface area contributed by atoms with E-state index < -0.39 is 0 Å². The number of carbonyl (C=O) groups is 1. The minimum absolute atomic E-state index is 0.0824. The number of hydrogen-bond acceptors (Lipinski definition) is 3. The minimum atomic E-state index is -0.0824. The number of carbonyl (C=O) groups excluding carboxylic acids is 1. The summed E-state index contributed by atoms with van der Waals surface area (Å²) >= 11 is 0. The second kappa shape index (κ2) is 4.38. The third-order valence-electron chi connectivity index (χ3n) is 3.88. The zero-order valence-corrected chi connectivity index (χ0v) is 11.4. The van der Waals surface area contributed by atoms with Crippen LogP contribution in [0.5, 0.6) is 0 Å². The fraction of sp³-hybridized carbons (Fsp3) is 0.118. The van der Waals surface area contributed by atoms with Gasteiger partial charge in [0.05, 0.1) is 0 Å². The maximum absolute atomic E-state index is 12.6. The molecule has 0 fully saturated rings. The monoisotopic (exact) mass is 278 g/mol. The average Bonchev–Trinajstić information content (AvgIpc) is 3.09. The Morgan fingerprint density at radius 2 is 1.76 bits per heavy atom. The predicted molar refractivity (Wildman–Crippen MR) is 80.6 cm³/mol. The number of amides is 1. The van der Waals surface area contributed by atoms with Gasteiger partial charge in [-0.2, -0.15) is 0 Å². The van der Waals surface area contributed by atoms with E-state index in [0.29, 0.717) is 30.1 Å². The first-order valence-corrected chi connectivity index (χ1v) is 6.86. The second-order valence-electron chi connectivity index (χ2n) is 5.34. The van der Waals surface area contributed by atoms with Crippen molar-refractivity contribution in [3.63, 3.8) is 0 Å². The number of rotatable bonds is 1. The van der Waals surface area contributed by atoms with E-state index in [1.165, 1.54) is 11.1 Å². The molecule has 2 aromatic carbocycles. The van der Waals surface area contributed by atoms with Crippen LogP contribution >= 0.6 is 0 Å². The van der Waals surface area contributed by atoms with Crippen molar-refractivity contribution in [1.29, 1.82) is 0 Å². The van der Waals surface area contributed by atoms with Gasteiger partial charge in [0.1, 0.15) is 5.58 Å². The summed E-state index contributed by atoms with van der Waals surface area (Å²) in [5.74, 6) is 0.282. The molecule has 3 aromatic rings. The van der Waals surface area contributed by atoms with Crippen LogP contribution in [0.4, 0.5) is 5.69 Å². The molecule has 0 spiro atoms. The van der Waals surface area contributed by atoms with Gasteiger partial charge >= 0.3 is 0 Å². The molecule has 104 valence electrons. The number of nitrogen functional groups attached to an aromatic ring is 1. The van der Waals surface area contributed by atoms with Gasteiger partial charge in [-0.15, -0.1) is 0 Å². The van der Waals surface area contributed by atoms with Crippen LogP contribution in [0.15, 0.2) is 52.9 Å². The lowest BCUT2D eigenvalue weighted by Crippen LogP contribution is -2.24. The number of anilines is 1. The zero-order chi connectivity index (χ0) is 14.4. The van der Waals surface area contributed by atoms with Gasteiger partial charge in [0.15, 0.2) is 5.76 Å². The largest absolute Gasteiger partial charge is 0.451 e. The highest BCUT2D eigenvalue weighted by Gasteiger charge is 2.26. The van der Waals surface area contributed by atoms with Gasteiger partial charge in [-0.25, -0.2) is 0 Å². The molecule has 2 heterocycles. The van der Waals surface area contributed by atoms with Crippen LogP contribution in [0.1, 0.15) is 21.7 Å². The Labute approximate surface area is 121 Å². The minimum Gasteiger partial charge on any atom is -0.451 e. The van der Waals surface area contributed by atoms with Gasteiger partial charge in [0.25, 0.3) is 5.91 Å². The van der Waals surface area contributed by atoms with Crippen molar-refractivity contribution in [2.45, 2.75) is 13.1 Å². The van der Waals surface area contributed by atoms with Gasteiger partial charge in [-0.3, -0.25) is 4.79 Å². The Morgan fingerprint density at radius 3 is 2.48 bits per heavy atom. The quantitative estimate of drug-likeness (QED) is 0.695. The maximum atomic E-state index is 12.6. The smallest absolute Gasteiger partial charge is 0.290 e. The molecule has 0 saturated heterocycles. The molecule has 0 aliphatic carbocycles. The van der Waals surface area contributed by atoms with E-state index in [2.05, 4.69) is 12.1 Å². The van der Waals surface area contributed by atoms with Gasteiger partial charge in [-0.1, -0.05) is 24.3 Å². The molecular formula is C17H14N2O2. The molecule has 0 unspecified atom stereocenters. The first kappa shape index (κ1) is 12.0. The van der Waals surface area contributed by atoms with Crippen LogP contribution in [0.2, 0.25) is 0 Å². The van der Waals surface area contributed by atoms with E-state index in [1.807, 2.05) is 18.2 Å². The van der Waals surface area contributed by atoms with Crippen LogP contribution < -0.4 is 5.73 Å². The van der Waals surface area contributed by atoms with Gasteiger partial charge in [0, 0.05) is 24.2 Å². The summed E-state index contributed by atoms with van der Waals surface area (Å²) in [5.41, 5.74) is 9.50. The number of furan rings is 1. The SMILES string of the molecule is Nc1ccc2oc(C(=O)N3Cc4ccccc4C3)cc2c1. The summed E-state index contributed by atoms with van der Waals surface area (Å²) in [6, 6.07) is 15.2. The van der Waals surface area contributed by atoms with Crippen LogP contribution in [-0.4, -0.2) is 10.8 Å². The summed E-state index contributed by atoms with van der Waals surface area (Å²) < 4.78 is 5.65. The standard InChI is InChI=1S/C17H14N2O2/c18-14-5-6-15-13(7-14)8-16(21-15)17(20)19-9-11-3-1-2-4-12(11)10-19/h1-8H,9-10,18H2. The fourth-order valence-electron chi connectivity index (χ4n) is 2.80. The summed E-state index contributed by atoms with van der Waals surface area (Å²) in [6.45, 7) is 1.27. The van der Waals surface area contributed by atoms with Crippen LogP contribution in [0, 0.1) is 0 Å². The summed E-state index contributed by atoms with van der Waals surface area (Å²) in [7, 11) is 0. The number of benzene rings is 2. The molecule has 1 amide bonds. The third-order valence-corrected chi connectivity index (χ3v) is 3.88. The molecule has 0 saturated carbocycles. The van der Waals surface area contributed by atoms with Crippen LogP contribution in [-0.2, 0) is 13.1 Å². The Bertz CT molecular complexity index is 826. The highest BCUT2D eigenvalue weighted by Crippen LogP contribution is 2.27. The van der Waals surface area contributed by atoms with Crippen LogP contribution in [0.3, 0.4) is 0 Å². The molecule has 4 heteroatoms. The molecule has 2 N–H and O–H groups in total. The van der Waals surface area contributed by atoms with E-state index in [-0.39, 0.29) is 5.91 Å². The molecule has 0 atom stereocenters. The lowest BCUT2D eigenvalue weighted by Gasteiger charge is -2.13. The van der Waals surface area contributed by atoms with Gasteiger partial charge < -0.3 is 15.1 Å². The van der Waals surface area contributed by atoms with Crippen molar-refractivity contribution in [3.05, 3.63) is 65.4 Å². The summed E-state index contributed by atoms with van der Waals surface area (Å²) in [4.78, 5) is 14.4.